The highest BCUT2D eigenvalue weighted by molar-refractivity contribution is 7.97. The normalized spacial score (nSPS) is 10.9. The van der Waals surface area contributed by atoms with Gasteiger partial charge in [-0.25, -0.2) is 0 Å². The Hall–Kier alpha value is -0.890. The predicted octanol–water partition coefficient (Wildman–Crippen LogP) is 3.27. The molecule has 0 aliphatic rings. The topological polar surface area (TPSA) is 4.93 Å². The molecule has 2 heteroatoms. The number of hydrogen-bond donors (Lipinski definition) is 0. The molecular formula is C11H13NS. The largest absolute Gasteiger partial charge is 0.338 e. The van der Waals surface area contributed by atoms with Crippen molar-refractivity contribution in [2.75, 3.05) is 6.26 Å². The third-order valence-electron chi connectivity index (χ3n) is 2.19. The Morgan fingerprint density at radius 2 is 2.15 bits per heavy atom. The molecule has 0 radical (unpaired) electrons. The van der Waals surface area contributed by atoms with E-state index in [1.807, 2.05) is 11.8 Å². The molecule has 1 aromatic heterocycles. The highest BCUT2D eigenvalue weighted by Gasteiger charge is 1.99. The number of hydrogen-bond acceptors (Lipinski definition) is 1. The highest BCUT2D eigenvalue weighted by Crippen LogP contribution is 2.18. The summed E-state index contributed by atoms with van der Waals surface area (Å²) in [5, 5.41) is 1.34. The van der Waals surface area contributed by atoms with Crippen LogP contribution in [-0.2, 0) is 5.88 Å². The van der Waals surface area contributed by atoms with E-state index < -0.39 is 0 Å². The van der Waals surface area contributed by atoms with E-state index in [1.165, 1.54) is 16.5 Å². The molecule has 0 amide bonds. The Morgan fingerprint density at radius 1 is 1.31 bits per heavy atom. The quantitative estimate of drug-likeness (QED) is 0.705. The molecule has 2 rings (SSSR count). The van der Waals surface area contributed by atoms with Crippen molar-refractivity contribution in [3.8, 4) is 0 Å². The molecule has 0 saturated carbocycles. The molecule has 2 aromatic rings. The molecule has 0 fully saturated rings. The molecule has 0 saturated heterocycles. The van der Waals surface area contributed by atoms with Crippen LogP contribution in [0.15, 0.2) is 30.5 Å². The van der Waals surface area contributed by atoms with Crippen LogP contribution in [0.1, 0.15) is 5.56 Å². The molecule has 68 valence electrons. The fourth-order valence-corrected chi connectivity index (χ4v) is 2.07. The van der Waals surface area contributed by atoms with Crippen molar-refractivity contribution in [1.29, 1.82) is 0 Å². The van der Waals surface area contributed by atoms with Crippen molar-refractivity contribution < 1.29 is 0 Å². The van der Waals surface area contributed by atoms with Crippen LogP contribution in [0.25, 0.3) is 10.9 Å². The molecule has 1 aromatic carbocycles. The zero-order valence-corrected chi connectivity index (χ0v) is 8.77. The van der Waals surface area contributed by atoms with Crippen LogP contribution >= 0.6 is 11.8 Å². The molecular weight excluding hydrogens is 178 g/mol. The molecule has 0 atom stereocenters. The maximum absolute atomic E-state index is 2.28. The molecule has 1 heterocycles. The summed E-state index contributed by atoms with van der Waals surface area (Å²) in [6, 6.07) is 8.77. The average Bonchev–Trinajstić information content (AvgIpc) is 2.49. The summed E-state index contributed by atoms with van der Waals surface area (Å²) in [7, 11) is 0. The van der Waals surface area contributed by atoms with Gasteiger partial charge in [0.25, 0.3) is 0 Å². The van der Waals surface area contributed by atoms with Crippen LogP contribution < -0.4 is 0 Å². The number of nitrogens with zero attached hydrogens (tertiary/aromatic N) is 1. The molecule has 0 aliphatic carbocycles. The first-order valence-electron chi connectivity index (χ1n) is 4.35. The second-order valence-corrected chi connectivity index (χ2v) is 4.10. The van der Waals surface area contributed by atoms with E-state index in [2.05, 4.69) is 48.2 Å². The lowest BCUT2D eigenvalue weighted by Gasteiger charge is -2.02. The number of fused-ring (bicyclic) bond motifs is 1. The van der Waals surface area contributed by atoms with Crippen LogP contribution in [0, 0.1) is 6.92 Å². The van der Waals surface area contributed by atoms with Crippen molar-refractivity contribution in [3.05, 3.63) is 36.0 Å². The van der Waals surface area contributed by atoms with Gasteiger partial charge in [-0.1, -0.05) is 11.6 Å². The number of aryl methyl sites for hydroxylation is 1. The van der Waals surface area contributed by atoms with E-state index in [9.17, 15) is 0 Å². The molecule has 13 heavy (non-hydrogen) atoms. The third-order valence-corrected chi connectivity index (χ3v) is 2.73. The van der Waals surface area contributed by atoms with Crippen molar-refractivity contribution >= 4 is 22.7 Å². The third kappa shape index (κ3) is 1.59. The van der Waals surface area contributed by atoms with Gasteiger partial charge in [-0.2, -0.15) is 0 Å². The van der Waals surface area contributed by atoms with Crippen molar-refractivity contribution in [3.63, 3.8) is 0 Å². The summed E-state index contributed by atoms with van der Waals surface area (Å²) in [5.41, 5.74) is 2.66. The van der Waals surface area contributed by atoms with Gasteiger partial charge in [-0.15, -0.1) is 11.8 Å². The van der Waals surface area contributed by atoms with Gasteiger partial charge in [0.05, 0.1) is 5.88 Å². The van der Waals surface area contributed by atoms with Gasteiger partial charge < -0.3 is 4.57 Å². The molecule has 0 unspecified atom stereocenters. The Bertz CT molecular complexity index is 417. The smallest absolute Gasteiger partial charge is 0.0680 e. The fourth-order valence-electron chi connectivity index (χ4n) is 1.57. The second-order valence-electron chi connectivity index (χ2n) is 3.27. The first-order chi connectivity index (χ1) is 6.31. The van der Waals surface area contributed by atoms with Gasteiger partial charge in [0.15, 0.2) is 0 Å². The summed E-state index contributed by atoms with van der Waals surface area (Å²) in [6.07, 6.45) is 4.28. The highest BCUT2D eigenvalue weighted by atomic mass is 32.2. The molecule has 0 aliphatic heterocycles. The number of aromatic nitrogens is 1. The van der Waals surface area contributed by atoms with Crippen molar-refractivity contribution in [1.82, 2.24) is 4.57 Å². The van der Waals surface area contributed by atoms with Crippen molar-refractivity contribution in [2.45, 2.75) is 12.8 Å². The summed E-state index contributed by atoms with van der Waals surface area (Å²) in [5.74, 6) is 1.03. The Morgan fingerprint density at radius 3 is 2.92 bits per heavy atom. The lowest BCUT2D eigenvalue weighted by atomic mass is 10.2. The van der Waals surface area contributed by atoms with E-state index in [4.69, 9.17) is 0 Å². The lowest BCUT2D eigenvalue weighted by Crippen LogP contribution is -1.90. The standard InChI is InChI=1S/C11H13NS/c1-9-3-4-11-10(7-9)5-6-12(11)8-13-2/h3-7H,8H2,1-2H3. The summed E-state index contributed by atoms with van der Waals surface area (Å²) in [6.45, 7) is 2.13. The number of benzene rings is 1. The fraction of sp³-hybridized carbons (Fsp3) is 0.273. The van der Waals surface area contributed by atoms with Crippen LogP contribution in [0.3, 0.4) is 0 Å². The van der Waals surface area contributed by atoms with Gasteiger partial charge in [0.2, 0.25) is 0 Å². The monoisotopic (exact) mass is 191 g/mol. The molecule has 0 bridgehead atoms. The molecule has 0 N–H and O–H groups in total. The van der Waals surface area contributed by atoms with Crippen LogP contribution in [-0.4, -0.2) is 10.8 Å². The Kier molecular flexibility index (Phi) is 2.32. The van der Waals surface area contributed by atoms with E-state index >= 15 is 0 Å². The molecule has 1 nitrogen and oxygen atoms in total. The minimum absolute atomic E-state index is 1.03. The summed E-state index contributed by atoms with van der Waals surface area (Å²) in [4.78, 5) is 0. The van der Waals surface area contributed by atoms with Crippen LogP contribution in [0.2, 0.25) is 0 Å². The Balaban J connectivity index is 2.55. The van der Waals surface area contributed by atoms with E-state index in [0.29, 0.717) is 0 Å². The summed E-state index contributed by atoms with van der Waals surface area (Å²) < 4.78 is 2.28. The zero-order chi connectivity index (χ0) is 9.26. The predicted molar refractivity (Wildman–Crippen MR) is 60.2 cm³/mol. The maximum Gasteiger partial charge on any atom is 0.0680 e. The van der Waals surface area contributed by atoms with E-state index in [1.54, 1.807) is 0 Å². The van der Waals surface area contributed by atoms with E-state index in [0.717, 1.165) is 5.88 Å². The van der Waals surface area contributed by atoms with Gasteiger partial charge in [0, 0.05) is 11.7 Å². The minimum atomic E-state index is 1.03. The minimum Gasteiger partial charge on any atom is -0.338 e. The van der Waals surface area contributed by atoms with Crippen LogP contribution in [0.4, 0.5) is 0 Å². The average molecular weight is 191 g/mol. The van der Waals surface area contributed by atoms with Gasteiger partial charge in [0.1, 0.15) is 0 Å². The zero-order valence-electron chi connectivity index (χ0n) is 7.95. The second kappa shape index (κ2) is 3.46. The van der Waals surface area contributed by atoms with Crippen LogP contribution in [0.5, 0.6) is 0 Å². The SMILES string of the molecule is CSCn1ccc2cc(C)ccc21. The lowest BCUT2D eigenvalue weighted by molar-refractivity contribution is 0.944. The van der Waals surface area contributed by atoms with Gasteiger partial charge in [-0.3, -0.25) is 0 Å². The van der Waals surface area contributed by atoms with Crippen molar-refractivity contribution in [2.24, 2.45) is 0 Å². The first kappa shape index (κ1) is 8.70. The Labute approximate surface area is 82.8 Å². The summed E-state index contributed by atoms with van der Waals surface area (Å²) >= 11 is 1.84. The van der Waals surface area contributed by atoms with Gasteiger partial charge in [-0.05, 0) is 36.8 Å². The molecule has 0 spiro atoms. The number of thioether (sulfide) groups is 1. The first-order valence-corrected chi connectivity index (χ1v) is 5.75. The number of rotatable bonds is 2. The van der Waals surface area contributed by atoms with E-state index in [-0.39, 0.29) is 0 Å². The maximum atomic E-state index is 2.28. The van der Waals surface area contributed by atoms with Gasteiger partial charge >= 0.3 is 0 Å².